The van der Waals surface area contributed by atoms with E-state index in [0.29, 0.717) is 4.90 Å². The Kier molecular flexibility index (Phi) is 6.41. The second-order valence-corrected chi connectivity index (χ2v) is 10.4. The third kappa shape index (κ3) is 4.84. The van der Waals surface area contributed by atoms with E-state index in [0.717, 1.165) is 44.1 Å². The van der Waals surface area contributed by atoms with E-state index in [1.807, 2.05) is 6.07 Å². The highest BCUT2D eigenvalue weighted by Crippen LogP contribution is 2.28. The summed E-state index contributed by atoms with van der Waals surface area (Å²) in [4.78, 5) is 16.1. The molecule has 6 nitrogen and oxygen atoms in total. The molecule has 0 radical (unpaired) electrons. The van der Waals surface area contributed by atoms with Crippen LogP contribution < -0.4 is 0 Å². The molecule has 30 heavy (non-hydrogen) atoms. The number of amides is 1. The molecule has 1 aromatic carbocycles. The molecule has 2 fully saturated rings. The number of rotatable bonds is 7. The Bertz CT molecular complexity index is 881. The van der Waals surface area contributed by atoms with Crippen molar-refractivity contribution < 1.29 is 22.0 Å². The Hall–Kier alpha value is -1.58. The van der Waals surface area contributed by atoms with Gasteiger partial charge >= 0.3 is 0 Å². The molecule has 9 heteroatoms. The summed E-state index contributed by atoms with van der Waals surface area (Å²) in [6.07, 6.45) is 3.39. The number of fused-ring (bicyclic) bond motifs is 1. The van der Waals surface area contributed by atoms with Gasteiger partial charge in [-0.3, -0.25) is 9.69 Å². The van der Waals surface area contributed by atoms with Gasteiger partial charge in [0.2, 0.25) is 15.9 Å². The minimum Gasteiger partial charge on any atom is -0.339 e. The van der Waals surface area contributed by atoms with Crippen molar-refractivity contribution in [2.75, 3.05) is 39.3 Å². The van der Waals surface area contributed by atoms with Gasteiger partial charge in [-0.2, -0.15) is 4.31 Å². The maximum Gasteiger partial charge on any atom is 0.251 e. The molecule has 4 rings (SSSR count). The van der Waals surface area contributed by atoms with Crippen LogP contribution in [0.2, 0.25) is 0 Å². The number of carbonyl (C=O) groups is 1. The highest BCUT2D eigenvalue weighted by atomic mass is 32.2. The summed E-state index contributed by atoms with van der Waals surface area (Å²) in [6.45, 7) is 0.620. The highest BCUT2D eigenvalue weighted by Gasteiger charge is 2.35. The minimum absolute atomic E-state index is 0.0213. The first kappa shape index (κ1) is 21.6. The van der Waals surface area contributed by atoms with Crippen LogP contribution in [0.1, 0.15) is 36.8 Å². The van der Waals surface area contributed by atoms with E-state index in [4.69, 9.17) is 0 Å². The van der Waals surface area contributed by atoms with Crippen molar-refractivity contribution in [1.82, 2.24) is 14.1 Å². The summed E-state index contributed by atoms with van der Waals surface area (Å²) in [7, 11) is -3.60. The van der Waals surface area contributed by atoms with Crippen molar-refractivity contribution in [3.63, 3.8) is 0 Å². The minimum atomic E-state index is -3.60. The van der Waals surface area contributed by atoms with Gasteiger partial charge in [-0.15, -0.1) is 0 Å². The molecule has 0 N–H and O–H groups in total. The average molecular weight is 442 g/mol. The van der Waals surface area contributed by atoms with Crippen molar-refractivity contribution in [3.8, 4) is 0 Å². The van der Waals surface area contributed by atoms with Crippen LogP contribution in [0.5, 0.6) is 0 Å². The predicted octanol–water partition coefficient (Wildman–Crippen LogP) is 2.13. The number of carbonyl (C=O) groups excluding carboxylic acids is 1. The standard InChI is InChI=1S/C21H29F2N3O3S/c22-20(23)14-25(18-6-7-18)15-21(27)24-9-11-26(12-10-24)30(28,29)19-8-5-16-3-1-2-4-17(16)13-19/h5,8,13,18,20H,1-4,6-7,9-12,14-15H2. The van der Waals surface area contributed by atoms with Crippen LogP contribution in [-0.4, -0.2) is 80.2 Å². The SMILES string of the molecule is O=C(CN(CC(F)F)C1CC1)N1CCN(S(=O)(=O)c2ccc3c(c2)CCCC3)CC1. The number of benzene rings is 1. The monoisotopic (exact) mass is 441 g/mol. The van der Waals surface area contributed by atoms with Gasteiger partial charge in [0.05, 0.1) is 18.0 Å². The normalized spacial score (nSPS) is 20.6. The molecule has 1 aromatic rings. The molecule has 1 saturated heterocycles. The molecule has 0 spiro atoms. The Balaban J connectivity index is 1.36. The lowest BCUT2D eigenvalue weighted by Crippen LogP contribution is -2.53. The first-order valence-electron chi connectivity index (χ1n) is 10.8. The fourth-order valence-electron chi connectivity index (χ4n) is 4.43. The topological polar surface area (TPSA) is 60.9 Å². The zero-order chi connectivity index (χ0) is 21.3. The zero-order valence-electron chi connectivity index (χ0n) is 17.1. The average Bonchev–Trinajstić information content (AvgIpc) is 3.58. The van der Waals surface area contributed by atoms with Crippen LogP contribution in [0.25, 0.3) is 0 Å². The van der Waals surface area contributed by atoms with Crippen LogP contribution in [0, 0.1) is 0 Å². The summed E-state index contributed by atoms with van der Waals surface area (Å²) in [5.41, 5.74) is 2.36. The van der Waals surface area contributed by atoms with Gasteiger partial charge in [-0.1, -0.05) is 6.07 Å². The fourth-order valence-corrected chi connectivity index (χ4v) is 5.90. The summed E-state index contributed by atoms with van der Waals surface area (Å²) >= 11 is 0. The van der Waals surface area contributed by atoms with E-state index < -0.39 is 16.4 Å². The Labute approximate surface area is 176 Å². The van der Waals surface area contributed by atoms with Crippen LogP contribution >= 0.6 is 0 Å². The third-order valence-electron chi connectivity index (χ3n) is 6.32. The quantitative estimate of drug-likeness (QED) is 0.651. The Morgan fingerprint density at radius 1 is 1.07 bits per heavy atom. The van der Waals surface area contributed by atoms with Gasteiger partial charge in [0, 0.05) is 32.2 Å². The molecule has 1 heterocycles. The zero-order valence-corrected chi connectivity index (χ0v) is 17.9. The fraction of sp³-hybridized carbons (Fsp3) is 0.667. The Morgan fingerprint density at radius 3 is 2.37 bits per heavy atom. The van der Waals surface area contributed by atoms with Gasteiger partial charge < -0.3 is 4.90 Å². The van der Waals surface area contributed by atoms with E-state index in [-0.39, 0.29) is 51.2 Å². The van der Waals surface area contributed by atoms with Crippen molar-refractivity contribution in [2.24, 2.45) is 0 Å². The summed E-state index contributed by atoms with van der Waals surface area (Å²) in [6, 6.07) is 5.50. The van der Waals surface area contributed by atoms with E-state index in [1.165, 1.54) is 9.87 Å². The van der Waals surface area contributed by atoms with E-state index in [9.17, 15) is 22.0 Å². The number of piperazine rings is 1. The number of hydrogen-bond acceptors (Lipinski definition) is 4. The summed E-state index contributed by atoms with van der Waals surface area (Å²) < 4.78 is 53.1. The van der Waals surface area contributed by atoms with Crippen LogP contribution in [0.15, 0.2) is 23.1 Å². The van der Waals surface area contributed by atoms with Crippen molar-refractivity contribution >= 4 is 15.9 Å². The van der Waals surface area contributed by atoms with Gasteiger partial charge in [0.1, 0.15) is 0 Å². The number of nitrogens with zero attached hydrogens (tertiary/aromatic N) is 3. The van der Waals surface area contributed by atoms with Gasteiger partial charge in [-0.05, 0) is 61.8 Å². The maximum atomic E-state index is 13.1. The first-order chi connectivity index (χ1) is 14.3. The number of halogens is 2. The van der Waals surface area contributed by atoms with Crippen molar-refractivity contribution in [1.29, 1.82) is 0 Å². The number of hydrogen-bond donors (Lipinski definition) is 0. The van der Waals surface area contributed by atoms with Gasteiger partial charge in [0.25, 0.3) is 6.43 Å². The largest absolute Gasteiger partial charge is 0.339 e. The molecule has 1 amide bonds. The second-order valence-electron chi connectivity index (χ2n) is 8.47. The van der Waals surface area contributed by atoms with Crippen LogP contribution in [-0.2, 0) is 27.7 Å². The number of sulfonamides is 1. The first-order valence-corrected chi connectivity index (χ1v) is 12.2. The number of alkyl halides is 2. The maximum absolute atomic E-state index is 13.1. The number of aryl methyl sites for hydroxylation is 2. The second kappa shape index (κ2) is 8.88. The van der Waals surface area contributed by atoms with Crippen LogP contribution in [0.3, 0.4) is 0 Å². The molecule has 1 aliphatic heterocycles. The van der Waals surface area contributed by atoms with E-state index in [1.54, 1.807) is 21.9 Å². The lowest BCUT2D eigenvalue weighted by molar-refractivity contribution is -0.134. The van der Waals surface area contributed by atoms with Gasteiger partial charge in [0.15, 0.2) is 0 Å². The molecule has 0 bridgehead atoms. The smallest absolute Gasteiger partial charge is 0.251 e. The lowest BCUT2D eigenvalue weighted by atomic mass is 9.92. The van der Waals surface area contributed by atoms with E-state index >= 15 is 0 Å². The third-order valence-corrected chi connectivity index (χ3v) is 8.22. The molecule has 0 aromatic heterocycles. The summed E-state index contributed by atoms with van der Waals surface area (Å²) in [5, 5.41) is 0. The highest BCUT2D eigenvalue weighted by molar-refractivity contribution is 7.89. The van der Waals surface area contributed by atoms with Crippen molar-refractivity contribution in [2.45, 2.75) is 55.9 Å². The molecule has 1 saturated carbocycles. The molecule has 0 unspecified atom stereocenters. The lowest BCUT2D eigenvalue weighted by Gasteiger charge is -2.35. The Morgan fingerprint density at radius 2 is 1.73 bits per heavy atom. The van der Waals surface area contributed by atoms with Gasteiger partial charge in [-0.25, -0.2) is 17.2 Å². The molecule has 3 aliphatic rings. The molecule has 0 atom stereocenters. The predicted molar refractivity (Wildman–Crippen MR) is 109 cm³/mol. The summed E-state index contributed by atoms with van der Waals surface area (Å²) in [5.74, 6) is -0.201. The van der Waals surface area contributed by atoms with E-state index in [2.05, 4.69) is 0 Å². The molecular weight excluding hydrogens is 412 g/mol. The van der Waals surface area contributed by atoms with Crippen molar-refractivity contribution in [3.05, 3.63) is 29.3 Å². The van der Waals surface area contributed by atoms with Crippen LogP contribution in [0.4, 0.5) is 8.78 Å². The molecule has 166 valence electrons. The molecular formula is C21H29F2N3O3S. The molecule has 2 aliphatic carbocycles.